The lowest BCUT2D eigenvalue weighted by Crippen LogP contribution is -2.45. The number of fused-ring (bicyclic) bond motifs is 1. The van der Waals surface area contributed by atoms with Gasteiger partial charge < -0.3 is 15.1 Å². The fourth-order valence-corrected chi connectivity index (χ4v) is 4.65. The van der Waals surface area contributed by atoms with Crippen molar-refractivity contribution in [2.24, 2.45) is 0 Å². The zero-order valence-electron chi connectivity index (χ0n) is 20.7. The van der Waals surface area contributed by atoms with Crippen LogP contribution in [0, 0.1) is 12.7 Å². The van der Waals surface area contributed by atoms with Crippen molar-refractivity contribution in [3.05, 3.63) is 78.0 Å². The van der Waals surface area contributed by atoms with Crippen molar-refractivity contribution in [3.63, 3.8) is 0 Å². The fraction of sp³-hybridized carbons (Fsp3) is 0.321. The number of benzene rings is 1. The topological polar surface area (TPSA) is 65.8 Å². The summed E-state index contributed by atoms with van der Waals surface area (Å²) >= 11 is 0. The van der Waals surface area contributed by atoms with Gasteiger partial charge in [-0.15, -0.1) is 0 Å². The highest BCUT2D eigenvalue weighted by Gasteiger charge is 2.17. The van der Waals surface area contributed by atoms with E-state index in [9.17, 15) is 9.18 Å². The molecule has 0 spiro atoms. The van der Waals surface area contributed by atoms with E-state index in [1.807, 2.05) is 30.5 Å². The minimum Gasteiger partial charge on any atom is -0.352 e. The second-order valence-corrected chi connectivity index (χ2v) is 9.42. The number of hydrogen-bond acceptors (Lipinski definition) is 5. The number of aryl methyl sites for hydroxylation is 1. The van der Waals surface area contributed by atoms with Crippen molar-refractivity contribution < 1.29 is 9.18 Å². The van der Waals surface area contributed by atoms with Gasteiger partial charge in [0.15, 0.2) is 0 Å². The van der Waals surface area contributed by atoms with Crippen LogP contribution in [0.5, 0.6) is 0 Å². The lowest BCUT2D eigenvalue weighted by atomic mass is 9.98. The number of nitrogens with zero attached hydrogens (tertiary/aromatic N) is 5. The maximum Gasteiger partial charge on any atom is 0.255 e. The summed E-state index contributed by atoms with van der Waals surface area (Å²) in [6.45, 7) is 7.70. The van der Waals surface area contributed by atoms with Crippen LogP contribution < -0.4 is 5.32 Å². The molecule has 0 atom stereocenters. The smallest absolute Gasteiger partial charge is 0.255 e. The Balaban J connectivity index is 1.33. The van der Waals surface area contributed by atoms with Gasteiger partial charge in [-0.3, -0.25) is 9.78 Å². The van der Waals surface area contributed by atoms with Gasteiger partial charge in [0.05, 0.1) is 23.0 Å². The summed E-state index contributed by atoms with van der Waals surface area (Å²) in [6.07, 6.45) is 6.11. The molecule has 4 heterocycles. The van der Waals surface area contributed by atoms with Crippen molar-refractivity contribution in [1.82, 2.24) is 29.7 Å². The third kappa shape index (κ3) is 5.15. The molecular weight excluding hydrogens is 455 g/mol. The normalized spacial score (nSPS) is 14.9. The van der Waals surface area contributed by atoms with E-state index in [0.717, 1.165) is 67.0 Å². The summed E-state index contributed by atoms with van der Waals surface area (Å²) in [5, 5.41) is 7.43. The predicted molar refractivity (Wildman–Crippen MR) is 139 cm³/mol. The molecule has 0 radical (unpaired) electrons. The van der Waals surface area contributed by atoms with Gasteiger partial charge in [0.1, 0.15) is 5.82 Å². The Morgan fingerprint density at radius 2 is 1.92 bits per heavy atom. The lowest BCUT2D eigenvalue weighted by molar-refractivity contribution is 0.0951. The van der Waals surface area contributed by atoms with Crippen LogP contribution in [-0.4, -0.2) is 76.6 Å². The number of carbonyl (C=O) groups is 1. The minimum atomic E-state index is -0.240. The maximum absolute atomic E-state index is 13.8. The SMILES string of the molecule is Cc1cc(-c2ncccc2-c2ccn3ncc(C(=O)NCCCN4CCN(C)CC4)c3c2)ccc1F. The van der Waals surface area contributed by atoms with Crippen LogP contribution >= 0.6 is 0 Å². The molecule has 0 unspecified atom stereocenters. The van der Waals surface area contributed by atoms with Gasteiger partial charge in [0.25, 0.3) is 5.91 Å². The molecule has 8 heteroatoms. The molecule has 0 bridgehead atoms. The number of piperazine rings is 1. The molecule has 1 fully saturated rings. The number of amides is 1. The molecule has 1 aromatic carbocycles. The molecule has 1 saturated heterocycles. The Bertz CT molecular complexity index is 1380. The zero-order valence-corrected chi connectivity index (χ0v) is 20.7. The second kappa shape index (κ2) is 10.6. The molecule has 1 aliphatic rings. The molecule has 1 N–H and O–H groups in total. The summed E-state index contributed by atoms with van der Waals surface area (Å²) in [7, 11) is 2.15. The molecule has 186 valence electrons. The van der Waals surface area contributed by atoms with Crippen molar-refractivity contribution in [2.75, 3.05) is 46.3 Å². The van der Waals surface area contributed by atoms with Crippen LogP contribution in [0.2, 0.25) is 0 Å². The van der Waals surface area contributed by atoms with Crippen molar-refractivity contribution >= 4 is 11.4 Å². The number of aromatic nitrogens is 3. The van der Waals surface area contributed by atoms with E-state index in [1.165, 1.54) is 6.07 Å². The standard InChI is InChI=1S/C28H31FN6O/c1-20-17-22(6-7-25(20)29)27-23(5-3-9-30-27)21-8-12-35-26(18-21)24(19-32-35)28(36)31-10-4-11-34-15-13-33(2)14-16-34/h3,5-9,12,17-19H,4,10-11,13-16H2,1-2H3,(H,31,36). The summed E-state index contributed by atoms with van der Waals surface area (Å²) < 4.78 is 15.6. The minimum absolute atomic E-state index is 0.124. The lowest BCUT2D eigenvalue weighted by Gasteiger charge is -2.32. The predicted octanol–water partition coefficient (Wildman–Crippen LogP) is 3.88. The van der Waals surface area contributed by atoms with E-state index in [0.29, 0.717) is 17.7 Å². The van der Waals surface area contributed by atoms with Crippen LogP contribution in [0.1, 0.15) is 22.3 Å². The second-order valence-electron chi connectivity index (χ2n) is 9.42. The third-order valence-corrected chi connectivity index (χ3v) is 6.85. The summed E-state index contributed by atoms with van der Waals surface area (Å²) in [5.41, 5.74) is 5.27. The Morgan fingerprint density at radius 1 is 1.08 bits per heavy atom. The molecule has 7 nitrogen and oxygen atoms in total. The molecule has 4 aromatic rings. The molecular formula is C28H31FN6O. The first-order valence-corrected chi connectivity index (χ1v) is 12.4. The number of pyridine rings is 2. The number of hydrogen-bond donors (Lipinski definition) is 1. The van der Waals surface area contributed by atoms with Crippen LogP contribution in [0.3, 0.4) is 0 Å². The van der Waals surface area contributed by atoms with Crippen LogP contribution in [0.15, 0.2) is 61.1 Å². The summed E-state index contributed by atoms with van der Waals surface area (Å²) in [6, 6.07) is 12.8. The van der Waals surface area contributed by atoms with E-state index in [4.69, 9.17) is 0 Å². The van der Waals surface area contributed by atoms with Crippen molar-refractivity contribution in [2.45, 2.75) is 13.3 Å². The average molecular weight is 487 g/mol. The first-order valence-electron chi connectivity index (χ1n) is 12.4. The number of likely N-dealkylation sites (N-methyl/N-ethyl adjacent to an activating group) is 1. The van der Waals surface area contributed by atoms with E-state index in [-0.39, 0.29) is 11.7 Å². The van der Waals surface area contributed by atoms with Crippen LogP contribution in [0.4, 0.5) is 4.39 Å². The Hall–Kier alpha value is -3.62. The van der Waals surface area contributed by atoms with Gasteiger partial charge in [-0.2, -0.15) is 5.10 Å². The highest BCUT2D eigenvalue weighted by atomic mass is 19.1. The monoisotopic (exact) mass is 486 g/mol. The number of halogens is 1. The van der Waals surface area contributed by atoms with Gasteiger partial charge in [-0.05, 0) is 74.5 Å². The number of nitrogens with one attached hydrogen (secondary N) is 1. The van der Waals surface area contributed by atoms with Gasteiger partial charge in [0.2, 0.25) is 0 Å². The third-order valence-electron chi connectivity index (χ3n) is 6.85. The van der Waals surface area contributed by atoms with Crippen LogP contribution in [0.25, 0.3) is 27.9 Å². The van der Waals surface area contributed by atoms with Crippen molar-refractivity contribution in [3.8, 4) is 22.4 Å². The molecule has 36 heavy (non-hydrogen) atoms. The Kier molecular flexibility index (Phi) is 7.06. The van der Waals surface area contributed by atoms with E-state index >= 15 is 0 Å². The maximum atomic E-state index is 13.8. The molecule has 1 aliphatic heterocycles. The highest BCUT2D eigenvalue weighted by molar-refractivity contribution is 6.01. The van der Waals surface area contributed by atoms with Crippen molar-refractivity contribution in [1.29, 1.82) is 0 Å². The largest absolute Gasteiger partial charge is 0.352 e. The van der Waals surface area contributed by atoms with E-state index < -0.39 is 0 Å². The number of rotatable bonds is 7. The van der Waals surface area contributed by atoms with Crippen LogP contribution in [-0.2, 0) is 0 Å². The number of carbonyl (C=O) groups excluding carboxylic acids is 1. The molecule has 0 saturated carbocycles. The van der Waals surface area contributed by atoms with E-state index in [1.54, 1.807) is 36.0 Å². The first-order chi connectivity index (χ1) is 17.5. The Labute approximate surface area is 210 Å². The molecule has 3 aromatic heterocycles. The highest BCUT2D eigenvalue weighted by Crippen LogP contribution is 2.32. The van der Waals surface area contributed by atoms with Gasteiger partial charge >= 0.3 is 0 Å². The average Bonchev–Trinajstić information content (AvgIpc) is 3.33. The Morgan fingerprint density at radius 3 is 2.72 bits per heavy atom. The fourth-order valence-electron chi connectivity index (χ4n) is 4.65. The molecule has 5 rings (SSSR count). The molecule has 0 aliphatic carbocycles. The molecule has 1 amide bonds. The van der Waals surface area contributed by atoms with Gasteiger partial charge in [0, 0.05) is 56.2 Å². The first kappa shape index (κ1) is 24.1. The van der Waals surface area contributed by atoms with E-state index in [2.05, 4.69) is 32.2 Å². The van der Waals surface area contributed by atoms with Gasteiger partial charge in [-0.1, -0.05) is 6.07 Å². The summed E-state index contributed by atoms with van der Waals surface area (Å²) in [5.74, 6) is -0.364. The zero-order chi connectivity index (χ0) is 25.1. The quantitative estimate of drug-likeness (QED) is 0.402. The van der Waals surface area contributed by atoms with Gasteiger partial charge in [-0.25, -0.2) is 8.91 Å². The summed E-state index contributed by atoms with van der Waals surface area (Å²) in [4.78, 5) is 22.4.